The van der Waals surface area contributed by atoms with Crippen molar-refractivity contribution in [2.24, 2.45) is 0 Å². The molecular formula is C12H8FN3O4. The van der Waals surface area contributed by atoms with Crippen molar-refractivity contribution in [2.45, 2.75) is 0 Å². The Morgan fingerprint density at radius 1 is 1.40 bits per heavy atom. The molecule has 0 saturated heterocycles. The first-order chi connectivity index (χ1) is 9.47. The third kappa shape index (κ3) is 2.86. The molecule has 0 saturated carbocycles. The number of carbonyl (C=O) groups excluding carboxylic acids is 1. The van der Waals surface area contributed by atoms with Crippen LogP contribution < -0.4 is 5.32 Å². The lowest BCUT2D eigenvalue weighted by atomic mass is 10.2. The van der Waals surface area contributed by atoms with Gasteiger partial charge in [0.15, 0.2) is 11.6 Å². The lowest BCUT2D eigenvalue weighted by Crippen LogP contribution is -2.13. The van der Waals surface area contributed by atoms with Gasteiger partial charge in [-0.3, -0.25) is 14.9 Å². The maximum atomic E-state index is 13.0. The van der Waals surface area contributed by atoms with Gasteiger partial charge in [-0.05, 0) is 18.2 Å². The number of halogens is 1. The first-order valence-corrected chi connectivity index (χ1v) is 5.37. The molecule has 1 aromatic carbocycles. The first kappa shape index (κ1) is 13.4. The quantitative estimate of drug-likeness (QED) is 0.660. The molecule has 1 amide bonds. The summed E-state index contributed by atoms with van der Waals surface area (Å²) < 4.78 is 13.0. The molecule has 7 nitrogen and oxygen atoms in total. The average molecular weight is 277 g/mol. The monoisotopic (exact) mass is 277 g/mol. The highest BCUT2D eigenvalue weighted by Gasteiger charge is 2.14. The van der Waals surface area contributed by atoms with Crippen molar-refractivity contribution in [3.63, 3.8) is 0 Å². The molecule has 0 aliphatic heterocycles. The van der Waals surface area contributed by atoms with E-state index in [1.54, 1.807) is 0 Å². The van der Waals surface area contributed by atoms with Gasteiger partial charge in [0, 0.05) is 5.56 Å². The molecule has 1 heterocycles. The van der Waals surface area contributed by atoms with Gasteiger partial charge in [0.25, 0.3) is 11.6 Å². The zero-order valence-electron chi connectivity index (χ0n) is 9.91. The van der Waals surface area contributed by atoms with Crippen LogP contribution in [0.1, 0.15) is 10.4 Å². The second-order valence-corrected chi connectivity index (χ2v) is 3.78. The third-order valence-corrected chi connectivity index (χ3v) is 2.38. The lowest BCUT2D eigenvalue weighted by molar-refractivity contribution is -0.385. The predicted molar refractivity (Wildman–Crippen MR) is 66.9 cm³/mol. The van der Waals surface area contributed by atoms with Crippen molar-refractivity contribution in [3.8, 4) is 5.75 Å². The molecule has 102 valence electrons. The molecule has 1 aromatic heterocycles. The first-order valence-electron chi connectivity index (χ1n) is 5.37. The van der Waals surface area contributed by atoms with E-state index in [-0.39, 0.29) is 11.4 Å². The van der Waals surface area contributed by atoms with Crippen LogP contribution in [0.3, 0.4) is 0 Å². The van der Waals surface area contributed by atoms with Gasteiger partial charge in [-0.1, -0.05) is 6.07 Å². The number of rotatable bonds is 3. The molecule has 0 bridgehead atoms. The summed E-state index contributed by atoms with van der Waals surface area (Å²) in [6.45, 7) is 0. The zero-order valence-corrected chi connectivity index (χ0v) is 9.91. The molecule has 0 aliphatic rings. The van der Waals surface area contributed by atoms with Gasteiger partial charge in [-0.2, -0.15) is 0 Å². The van der Waals surface area contributed by atoms with E-state index in [4.69, 9.17) is 0 Å². The number of aromatic nitrogens is 1. The molecule has 0 radical (unpaired) electrons. The summed E-state index contributed by atoms with van der Waals surface area (Å²) in [5, 5.41) is 22.2. The summed E-state index contributed by atoms with van der Waals surface area (Å²) in [7, 11) is 0. The summed E-state index contributed by atoms with van der Waals surface area (Å²) in [6, 6.07) is 5.78. The van der Waals surface area contributed by atoms with Gasteiger partial charge >= 0.3 is 0 Å². The van der Waals surface area contributed by atoms with E-state index in [0.717, 1.165) is 18.3 Å². The molecule has 8 heteroatoms. The van der Waals surface area contributed by atoms with Gasteiger partial charge in [-0.15, -0.1) is 0 Å². The van der Waals surface area contributed by atoms with E-state index in [0.29, 0.717) is 0 Å². The summed E-state index contributed by atoms with van der Waals surface area (Å²) in [4.78, 5) is 25.1. The highest BCUT2D eigenvalue weighted by atomic mass is 19.1. The second kappa shape index (κ2) is 5.31. The summed E-state index contributed by atoms with van der Waals surface area (Å²) in [5.74, 6) is -2.08. The number of pyridine rings is 1. The highest BCUT2D eigenvalue weighted by molar-refractivity contribution is 6.04. The Balaban J connectivity index is 2.22. The molecular weight excluding hydrogens is 269 g/mol. The number of nitro groups is 1. The summed E-state index contributed by atoms with van der Waals surface area (Å²) >= 11 is 0. The predicted octanol–water partition coefficient (Wildman–Crippen LogP) is 2.09. The van der Waals surface area contributed by atoms with Crippen LogP contribution in [0.4, 0.5) is 15.9 Å². The van der Waals surface area contributed by atoms with Crippen molar-refractivity contribution < 1.29 is 19.2 Å². The molecule has 0 unspecified atom stereocenters. The molecule has 0 aliphatic carbocycles. The Hall–Kier alpha value is -3.03. The number of anilines is 1. The topological polar surface area (TPSA) is 105 Å². The van der Waals surface area contributed by atoms with Crippen LogP contribution in [0, 0.1) is 15.9 Å². The lowest BCUT2D eigenvalue weighted by Gasteiger charge is -2.06. The van der Waals surface area contributed by atoms with Gasteiger partial charge in [0.05, 0.1) is 11.0 Å². The van der Waals surface area contributed by atoms with Crippen LogP contribution >= 0.6 is 0 Å². The van der Waals surface area contributed by atoms with Crippen LogP contribution in [0.2, 0.25) is 0 Å². The normalized spacial score (nSPS) is 10.1. The number of benzene rings is 1. The van der Waals surface area contributed by atoms with Crippen molar-refractivity contribution in [1.29, 1.82) is 0 Å². The maximum absolute atomic E-state index is 13.0. The SMILES string of the molecule is O=C(Nc1ncc([N+](=O)[O-])cc1O)c1cccc(F)c1. The Labute approximate surface area is 111 Å². The fourth-order valence-corrected chi connectivity index (χ4v) is 1.45. The Kier molecular flexibility index (Phi) is 3.56. The van der Waals surface area contributed by atoms with Gasteiger partial charge < -0.3 is 10.4 Å². The summed E-state index contributed by atoms with van der Waals surface area (Å²) in [6.07, 6.45) is 0.890. The van der Waals surface area contributed by atoms with Crippen LogP contribution in [0.5, 0.6) is 5.75 Å². The van der Waals surface area contributed by atoms with E-state index < -0.39 is 28.1 Å². The molecule has 2 N–H and O–H groups in total. The summed E-state index contributed by atoms with van der Waals surface area (Å²) in [5.41, 5.74) is -0.379. The van der Waals surface area contributed by atoms with Gasteiger partial charge in [0.1, 0.15) is 12.0 Å². The van der Waals surface area contributed by atoms with E-state index in [2.05, 4.69) is 10.3 Å². The van der Waals surface area contributed by atoms with Crippen molar-refractivity contribution in [1.82, 2.24) is 4.98 Å². The molecule has 0 atom stereocenters. The minimum Gasteiger partial charge on any atom is -0.504 e. The number of nitrogens with zero attached hydrogens (tertiary/aromatic N) is 2. The van der Waals surface area contributed by atoms with Crippen LogP contribution in [-0.2, 0) is 0 Å². The molecule has 2 aromatic rings. The Morgan fingerprint density at radius 3 is 2.75 bits per heavy atom. The van der Waals surface area contributed by atoms with Gasteiger partial charge in [-0.25, -0.2) is 9.37 Å². The third-order valence-electron chi connectivity index (χ3n) is 2.38. The minimum absolute atomic E-state index is 0.0320. The Morgan fingerprint density at radius 2 is 2.15 bits per heavy atom. The number of amides is 1. The second-order valence-electron chi connectivity index (χ2n) is 3.78. The van der Waals surface area contributed by atoms with Gasteiger partial charge in [0.2, 0.25) is 0 Å². The fourth-order valence-electron chi connectivity index (χ4n) is 1.45. The van der Waals surface area contributed by atoms with Crippen LogP contribution in [0.25, 0.3) is 0 Å². The minimum atomic E-state index is -0.731. The average Bonchev–Trinajstić information content (AvgIpc) is 2.40. The molecule has 2 rings (SSSR count). The molecule has 0 fully saturated rings. The van der Waals surface area contributed by atoms with Crippen LogP contribution in [-0.4, -0.2) is 20.9 Å². The zero-order chi connectivity index (χ0) is 14.7. The van der Waals surface area contributed by atoms with Crippen LogP contribution in [0.15, 0.2) is 36.5 Å². The van der Waals surface area contributed by atoms with Crippen molar-refractivity contribution in [2.75, 3.05) is 5.32 Å². The van der Waals surface area contributed by atoms with E-state index >= 15 is 0 Å². The highest BCUT2D eigenvalue weighted by Crippen LogP contribution is 2.25. The van der Waals surface area contributed by atoms with E-state index in [9.17, 15) is 24.4 Å². The number of carbonyl (C=O) groups is 1. The van der Waals surface area contributed by atoms with E-state index in [1.165, 1.54) is 18.2 Å². The van der Waals surface area contributed by atoms with Crippen molar-refractivity contribution >= 4 is 17.4 Å². The number of hydrogen-bond acceptors (Lipinski definition) is 5. The largest absolute Gasteiger partial charge is 0.504 e. The smallest absolute Gasteiger partial charge is 0.291 e. The van der Waals surface area contributed by atoms with E-state index in [1.807, 2.05) is 0 Å². The maximum Gasteiger partial charge on any atom is 0.291 e. The fraction of sp³-hybridized carbons (Fsp3) is 0. The molecule has 0 spiro atoms. The Bertz CT molecular complexity index is 690. The number of aromatic hydroxyl groups is 1. The standard InChI is InChI=1S/C12H8FN3O4/c13-8-3-1-2-7(4-8)12(18)15-11-10(17)5-9(6-14-11)16(19)20/h1-6,17H,(H,14,15,18). The number of hydrogen-bond donors (Lipinski definition) is 2. The van der Waals surface area contributed by atoms with Crippen molar-refractivity contribution in [3.05, 3.63) is 58.0 Å². The molecule has 20 heavy (non-hydrogen) atoms. The number of nitrogens with one attached hydrogen (secondary N) is 1.